The largest absolute Gasteiger partial charge is 0.349 e. The average molecular weight is 285 g/mol. The normalized spacial score (nSPS) is 13.3. The zero-order chi connectivity index (χ0) is 15.3. The molecule has 0 spiro atoms. The van der Waals surface area contributed by atoms with Gasteiger partial charge in [0, 0.05) is 24.9 Å². The predicted molar refractivity (Wildman–Crippen MR) is 88.5 cm³/mol. The van der Waals surface area contributed by atoms with Crippen LogP contribution in [0, 0.1) is 0 Å². The number of aromatic amines is 1. The molecule has 0 saturated carbocycles. The van der Waals surface area contributed by atoms with Crippen LogP contribution in [0.4, 0.5) is 0 Å². The lowest BCUT2D eigenvalue weighted by atomic mass is 9.86. The maximum absolute atomic E-state index is 4.35. The Balaban J connectivity index is 2.15. The second kappa shape index (κ2) is 6.90. The van der Waals surface area contributed by atoms with Gasteiger partial charge >= 0.3 is 0 Å². The third-order valence-corrected chi connectivity index (χ3v) is 3.77. The standard InChI is InChI=1S/C18H27N3/c1-5-10-19-16(13-17-20-11-12-21-17)14-6-8-15(9-7-14)18(2,3)4/h6-9,11-12,16,19H,5,10,13H2,1-4H3,(H,20,21). The third-order valence-electron chi connectivity index (χ3n) is 3.77. The van der Waals surface area contributed by atoms with Gasteiger partial charge in [0.05, 0.1) is 0 Å². The van der Waals surface area contributed by atoms with E-state index in [0.29, 0.717) is 6.04 Å². The van der Waals surface area contributed by atoms with Crippen molar-refractivity contribution in [2.45, 2.75) is 52.0 Å². The van der Waals surface area contributed by atoms with Crippen molar-refractivity contribution in [3.63, 3.8) is 0 Å². The monoisotopic (exact) mass is 285 g/mol. The minimum absolute atomic E-state index is 0.200. The molecule has 0 radical (unpaired) electrons. The van der Waals surface area contributed by atoms with Gasteiger partial charge in [-0.3, -0.25) is 0 Å². The summed E-state index contributed by atoms with van der Waals surface area (Å²) >= 11 is 0. The number of aromatic nitrogens is 2. The average Bonchev–Trinajstić information content (AvgIpc) is 2.95. The molecule has 114 valence electrons. The van der Waals surface area contributed by atoms with Gasteiger partial charge in [-0.05, 0) is 29.5 Å². The molecule has 0 aliphatic carbocycles. The summed E-state index contributed by atoms with van der Waals surface area (Å²) < 4.78 is 0. The molecule has 0 saturated heterocycles. The smallest absolute Gasteiger partial charge is 0.107 e. The molecule has 2 N–H and O–H groups in total. The molecule has 0 bridgehead atoms. The van der Waals surface area contributed by atoms with Gasteiger partial charge in [0.15, 0.2) is 0 Å². The highest BCUT2D eigenvalue weighted by molar-refractivity contribution is 5.29. The van der Waals surface area contributed by atoms with Crippen molar-refractivity contribution in [3.05, 3.63) is 53.6 Å². The van der Waals surface area contributed by atoms with Gasteiger partial charge in [-0.1, -0.05) is 52.0 Å². The van der Waals surface area contributed by atoms with Crippen LogP contribution in [0.15, 0.2) is 36.7 Å². The van der Waals surface area contributed by atoms with Gasteiger partial charge in [0.1, 0.15) is 5.82 Å². The van der Waals surface area contributed by atoms with Crippen molar-refractivity contribution in [3.8, 4) is 0 Å². The van der Waals surface area contributed by atoms with E-state index in [1.165, 1.54) is 11.1 Å². The highest BCUT2D eigenvalue weighted by Gasteiger charge is 2.16. The number of H-pyrrole nitrogens is 1. The van der Waals surface area contributed by atoms with Crippen LogP contribution in [-0.2, 0) is 11.8 Å². The first kappa shape index (κ1) is 15.8. The van der Waals surface area contributed by atoms with E-state index in [1.54, 1.807) is 0 Å². The Morgan fingerprint density at radius 2 is 1.90 bits per heavy atom. The topological polar surface area (TPSA) is 40.7 Å². The van der Waals surface area contributed by atoms with Crippen molar-refractivity contribution < 1.29 is 0 Å². The first-order valence-corrected chi connectivity index (χ1v) is 7.82. The molecule has 3 heteroatoms. The van der Waals surface area contributed by atoms with E-state index in [0.717, 1.165) is 25.2 Å². The van der Waals surface area contributed by atoms with E-state index in [-0.39, 0.29) is 5.41 Å². The summed E-state index contributed by atoms with van der Waals surface area (Å²) in [4.78, 5) is 7.55. The maximum Gasteiger partial charge on any atom is 0.107 e. The second-order valence-electron chi connectivity index (χ2n) is 6.62. The summed E-state index contributed by atoms with van der Waals surface area (Å²) in [5.74, 6) is 1.03. The first-order valence-electron chi connectivity index (χ1n) is 7.82. The number of hydrogen-bond donors (Lipinski definition) is 2. The van der Waals surface area contributed by atoms with E-state index in [9.17, 15) is 0 Å². The van der Waals surface area contributed by atoms with Crippen LogP contribution < -0.4 is 5.32 Å². The second-order valence-corrected chi connectivity index (χ2v) is 6.62. The number of nitrogens with one attached hydrogen (secondary N) is 2. The zero-order valence-electron chi connectivity index (χ0n) is 13.6. The molecule has 0 amide bonds. The Kier molecular flexibility index (Phi) is 5.18. The Hall–Kier alpha value is -1.61. The van der Waals surface area contributed by atoms with Crippen LogP contribution >= 0.6 is 0 Å². The first-order chi connectivity index (χ1) is 10.0. The molecule has 3 nitrogen and oxygen atoms in total. The lowest BCUT2D eigenvalue weighted by Crippen LogP contribution is -2.24. The molecule has 1 aromatic carbocycles. The van der Waals surface area contributed by atoms with E-state index >= 15 is 0 Å². The van der Waals surface area contributed by atoms with Crippen molar-refractivity contribution in [2.75, 3.05) is 6.54 Å². The highest BCUT2D eigenvalue weighted by Crippen LogP contribution is 2.25. The minimum Gasteiger partial charge on any atom is -0.349 e. The van der Waals surface area contributed by atoms with Crippen LogP contribution in [0.1, 0.15) is 57.1 Å². The fourth-order valence-electron chi connectivity index (χ4n) is 2.44. The van der Waals surface area contributed by atoms with Gasteiger partial charge in [0.2, 0.25) is 0 Å². The van der Waals surface area contributed by atoms with Crippen molar-refractivity contribution in [1.29, 1.82) is 0 Å². The molecule has 0 fully saturated rings. The maximum atomic E-state index is 4.35. The third kappa shape index (κ3) is 4.43. The van der Waals surface area contributed by atoms with E-state index in [1.807, 2.05) is 12.4 Å². The summed E-state index contributed by atoms with van der Waals surface area (Å²) in [7, 11) is 0. The molecule has 21 heavy (non-hydrogen) atoms. The molecule has 2 rings (SSSR count). The number of nitrogens with zero attached hydrogens (tertiary/aromatic N) is 1. The van der Waals surface area contributed by atoms with Gasteiger partial charge in [-0.2, -0.15) is 0 Å². The zero-order valence-corrected chi connectivity index (χ0v) is 13.6. The molecular weight excluding hydrogens is 258 g/mol. The molecular formula is C18H27N3. The summed E-state index contributed by atoms with van der Waals surface area (Å²) in [6, 6.07) is 9.30. The predicted octanol–water partition coefficient (Wildman–Crippen LogP) is 3.99. The Bertz CT molecular complexity index is 521. The molecule has 2 aromatic rings. The summed E-state index contributed by atoms with van der Waals surface area (Å²) in [6.45, 7) is 9.96. The number of benzene rings is 1. The number of hydrogen-bond acceptors (Lipinski definition) is 2. The van der Waals surface area contributed by atoms with Gasteiger partial charge in [-0.25, -0.2) is 4.98 Å². The van der Waals surface area contributed by atoms with Crippen molar-refractivity contribution in [1.82, 2.24) is 15.3 Å². The van der Waals surface area contributed by atoms with Crippen LogP contribution in [-0.4, -0.2) is 16.5 Å². The Morgan fingerprint density at radius 3 is 2.43 bits per heavy atom. The van der Waals surface area contributed by atoms with Gasteiger partial charge in [-0.15, -0.1) is 0 Å². The van der Waals surface area contributed by atoms with E-state index < -0.39 is 0 Å². The van der Waals surface area contributed by atoms with Crippen LogP contribution in [0.25, 0.3) is 0 Å². The molecule has 1 heterocycles. The minimum atomic E-state index is 0.200. The number of imidazole rings is 1. The molecule has 1 aromatic heterocycles. The SMILES string of the molecule is CCCNC(Cc1ncc[nH]1)c1ccc(C(C)(C)C)cc1. The lowest BCUT2D eigenvalue weighted by Gasteiger charge is -2.22. The lowest BCUT2D eigenvalue weighted by molar-refractivity contribution is 0.519. The van der Waals surface area contributed by atoms with Crippen molar-refractivity contribution in [2.24, 2.45) is 0 Å². The Labute approximate surface area is 128 Å². The summed E-state index contributed by atoms with van der Waals surface area (Å²) in [6.07, 6.45) is 5.72. The molecule has 0 aliphatic heterocycles. The van der Waals surface area contributed by atoms with Crippen LogP contribution in [0.5, 0.6) is 0 Å². The number of rotatable bonds is 6. The quantitative estimate of drug-likeness (QED) is 0.842. The van der Waals surface area contributed by atoms with Gasteiger partial charge in [0.25, 0.3) is 0 Å². The van der Waals surface area contributed by atoms with Crippen molar-refractivity contribution >= 4 is 0 Å². The fraction of sp³-hybridized carbons (Fsp3) is 0.500. The summed E-state index contributed by atoms with van der Waals surface area (Å²) in [5, 5.41) is 3.62. The van der Waals surface area contributed by atoms with E-state index in [2.05, 4.69) is 67.2 Å². The highest BCUT2D eigenvalue weighted by atomic mass is 14.9. The molecule has 1 unspecified atom stereocenters. The van der Waals surface area contributed by atoms with Crippen LogP contribution in [0.2, 0.25) is 0 Å². The van der Waals surface area contributed by atoms with Gasteiger partial charge < -0.3 is 10.3 Å². The van der Waals surface area contributed by atoms with Crippen LogP contribution in [0.3, 0.4) is 0 Å². The molecule has 1 atom stereocenters. The summed E-state index contributed by atoms with van der Waals surface area (Å²) in [5.41, 5.74) is 2.90. The fourth-order valence-corrected chi connectivity index (χ4v) is 2.44. The molecule has 0 aliphatic rings. The Morgan fingerprint density at radius 1 is 1.19 bits per heavy atom. The van der Waals surface area contributed by atoms with E-state index in [4.69, 9.17) is 0 Å².